The predicted octanol–water partition coefficient (Wildman–Crippen LogP) is 2.15. The number of nitrogens with two attached hydrogens (primary N) is 1. The van der Waals surface area contributed by atoms with Crippen molar-refractivity contribution in [3.8, 4) is 0 Å². The number of hydrogen-bond donors (Lipinski definition) is 1. The van der Waals surface area contributed by atoms with Crippen LogP contribution < -0.4 is 5.73 Å². The lowest BCUT2D eigenvalue weighted by molar-refractivity contribution is 0.102. The van der Waals surface area contributed by atoms with E-state index in [-0.39, 0.29) is 5.78 Å². The van der Waals surface area contributed by atoms with Crippen LogP contribution in [0.3, 0.4) is 0 Å². The molecule has 0 fully saturated rings. The molecule has 0 spiro atoms. The summed E-state index contributed by atoms with van der Waals surface area (Å²) in [6.45, 7) is 1.89. The van der Waals surface area contributed by atoms with Gasteiger partial charge in [0.25, 0.3) is 0 Å². The van der Waals surface area contributed by atoms with Crippen molar-refractivity contribution in [2.75, 3.05) is 11.1 Å². The Hall–Kier alpha value is -0.830. The van der Waals surface area contributed by atoms with Crippen LogP contribution in [0.5, 0.6) is 0 Å². The molecule has 64 valence electrons. The fourth-order valence-corrected chi connectivity index (χ4v) is 1.25. The number of Topliss-reactive ketones (excluding diaryl/α,β-unsaturated/α-hetero) is 1. The van der Waals surface area contributed by atoms with Gasteiger partial charge in [-0.3, -0.25) is 4.79 Å². The molecule has 1 rings (SSSR count). The monoisotopic (exact) mass is 227 g/mol. The molecule has 3 heteroatoms. The maximum Gasteiger partial charge on any atom is 0.173 e. The van der Waals surface area contributed by atoms with Gasteiger partial charge in [-0.25, -0.2) is 0 Å². The number of carbonyl (C=O) groups is 1. The average Bonchev–Trinajstić information content (AvgIpc) is 2.08. The van der Waals surface area contributed by atoms with E-state index in [9.17, 15) is 4.79 Å². The summed E-state index contributed by atoms with van der Waals surface area (Å²) < 4.78 is 0. The summed E-state index contributed by atoms with van der Waals surface area (Å²) in [5, 5.41) is 0.357. The molecule has 0 saturated carbocycles. The summed E-state index contributed by atoms with van der Waals surface area (Å²) in [6, 6.07) is 5.30. The van der Waals surface area contributed by atoms with Gasteiger partial charge in [0, 0.05) is 11.3 Å². The predicted molar refractivity (Wildman–Crippen MR) is 53.7 cm³/mol. The Kier molecular flexibility index (Phi) is 2.87. The van der Waals surface area contributed by atoms with E-state index in [1.807, 2.05) is 6.92 Å². The summed E-state index contributed by atoms with van der Waals surface area (Å²) in [6.07, 6.45) is 0. The number of aryl methyl sites for hydroxylation is 1. The minimum atomic E-state index is 0.0816. The summed E-state index contributed by atoms with van der Waals surface area (Å²) in [5.74, 6) is 0.0816. The molecule has 0 aromatic heterocycles. The molecule has 0 radical (unpaired) electrons. The van der Waals surface area contributed by atoms with Crippen LogP contribution in [0.1, 0.15) is 15.9 Å². The molecular weight excluding hydrogens is 218 g/mol. The molecule has 1 aromatic carbocycles. The van der Waals surface area contributed by atoms with Crippen molar-refractivity contribution in [3.05, 3.63) is 29.3 Å². The number of hydrogen-bond acceptors (Lipinski definition) is 2. The van der Waals surface area contributed by atoms with Crippen LogP contribution in [0.2, 0.25) is 0 Å². The highest BCUT2D eigenvalue weighted by Crippen LogP contribution is 2.13. The molecule has 0 heterocycles. The van der Waals surface area contributed by atoms with Crippen LogP contribution in [-0.4, -0.2) is 11.1 Å². The molecule has 0 bridgehead atoms. The van der Waals surface area contributed by atoms with E-state index in [1.54, 1.807) is 18.2 Å². The largest absolute Gasteiger partial charge is 0.399 e. The lowest BCUT2D eigenvalue weighted by atomic mass is 10.1. The topological polar surface area (TPSA) is 43.1 Å². The van der Waals surface area contributed by atoms with Gasteiger partial charge in [-0.2, -0.15) is 0 Å². The third-order valence-electron chi connectivity index (χ3n) is 1.71. The number of carbonyl (C=O) groups excluding carboxylic acids is 1. The lowest BCUT2D eigenvalue weighted by Gasteiger charge is -2.01. The summed E-state index contributed by atoms with van der Waals surface area (Å²) in [5.41, 5.74) is 7.98. The highest BCUT2D eigenvalue weighted by molar-refractivity contribution is 9.09. The Morgan fingerprint density at radius 2 is 2.25 bits per heavy atom. The van der Waals surface area contributed by atoms with Gasteiger partial charge in [0.05, 0.1) is 5.33 Å². The molecule has 0 aliphatic heterocycles. The smallest absolute Gasteiger partial charge is 0.173 e. The number of nitrogen functional groups attached to an aromatic ring is 1. The number of benzene rings is 1. The first-order valence-corrected chi connectivity index (χ1v) is 4.72. The minimum Gasteiger partial charge on any atom is -0.399 e. The zero-order chi connectivity index (χ0) is 9.14. The van der Waals surface area contributed by atoms with E-state index in [0.717, 1.165) is 11.3 Å². The first-order valence-electron chi connectivity index (χ1n) is 3.60. The minimum absolute atomic E-state index is 0.0816. The van der Waals surface area contributed by atoms with Gasteiger partial charge in [0.15, 0.2) is 5.78 Å². The van der Waals surface area contributed by atoms with Crippen LogP contribution in [0.4, 0.5) is 5.69 Å². The van der Waals surface area contributed by atoms with Gasteiger partial charge >= 0.3 is 0 Å². The molecule has 2 nitrogen and oxygen atoms in total. The first-order chi connectivity index (χ1) is 5.65. The number of rotatable bonds is 2. The number of alkyl halides is 1. The molecule has 0 aliphatic carbocycles. The van der Waals surface area contributed by atoms with Gasteiger partial charge in [0.1, 0.15) is 0 Å². The summed E-state index contributed by atoms with van der Waals surface area (Å²) in [7, 11) is 0. The van der Waals surface area contributed by atoms with Crippen molar-refractivity contribution in [2.45, 2.75) is 6.92 Å². The second-order valence-electron chi connectivity index (χ2n) is 2.63. The van der Waals surface area contributed by atoms with Crippen molar-refractivity contribution < 1.29 is 4.79 Å². The van der Waals surface area contributed by atoms with Crippen molar-refractivity contribution >= 4 is 27.4 Å². The normalized spacial score (nSPS) is 9.83. The van der Waals surface area contributed by atoms with E-state index in [4.69, 9.17) is 5.73 Å². The Labute approximate surface area is 79.9 Å². The highest BCUT2D eigenvalue weighted by Gasteiger charge is 2.04. The molecular formula is C9H10BrNO. The van der Waals surface area contributed by atoms with Gasteiger partial charge in [-0.1, -0.05) is 15.9 Å². The maximum absolute atomic E-state index is 11.2. The van der Waals surface area contributed by atoms with Crippen LogP contribution in [0, 0.1) is 6.92 Å². The molecule has 2 N–H and O–H groups in total. The molecule has 0 atom stereocenters. The molecule has 0 saturated heterocycles. The average molecular weight is 228 g/mol. The van der Waals surface area contributed by atoms with Crippen LogP contribution >= 0.6 is 15.9 Å². The zero-order valence-electron chi connectivity index (χ0n) is 6.80. The molecule has 0 aliphatic rings. The fourth-order valence-electron chi connectivity index (χ4n) is 0.926. The summed E-state index contributed by atoms with van der Waals surface area (Å²) in [4.78, 5) is 11.2. The van der Waals surface area contributed by atoms with Crippen LogP contribution in [0.15, 0.2) is 18.2 Å². The standard InChI is InChI=1S/C9H10BrNO/c1-6-4-7(9(12)5-10)2-3-8(6)11/h2-4H,5,11H2,1H3. The third kappa shape index (κ3) is 1.85. The van der Waals surface area contributed by atoms with Crippen LogP contribution in [-0.2, 0) is 0 Å². The van der Waals surface area contributed by atoms with Crippen molar-refractivity contribution in [2.24, 2.45) is 0 Å². The maximum atomic E-state index is 11.2. The first kappa shape index (κ1) is 9.26. The van der Waals surface area contributed by atoms with E-state index >= 15 is 0 Å². The second-order valence-corrected chi connectivity index (χ2v) is 3.19. The number of anilines is 1. The Balaban J connectivity index is 3.05. The van der Waals surface area contributed by atoms with Gasteiger partial charge < -0.3 is 5.73 Å². The number of ketones is 1. The lowest BCUT2D eigenvalue weighted by Crippen LogP contribution is -2.01. The summed E-state index contributed by atoms with van der Waals surface area (Å²) >= 11 is 3.11. The fraction of sp³-hybridized carbons (Fsp3) is 0.222. The second kappa shape index (κ2) is 3.72. The molecule has 0 amide bonds. The van der Waals surface area contributed by atoms with E-state index < -0.39 is 0 Å². The van der Waals surface area contributed by atoms with Crippen molar-refractivity contribution in [1.29, 1.82) is 0 Å². The van der Waals surface area contributed by atoms with Crippen molar-refractivity contribution in [3.63, 3.8) is 0 Å². The molecule has 12 heavy (non-hydrogen) atoms. The SMILES string of the molecule is Cc1cc(C(=O)CBr)ccc1N. The molecule has 1 aromatic rings. The third-order valence-corrected chi connectivity index (χ3v) is 2.22. The van der Waals surface area contributed by atoms with E-state index in [1.165, 1.54) is 0 Å². The highest BCUT2D eigenvalue weighted by atomic mass is 79.9. The number of halogens is 1. The van der Waals surface area contributed by atoms with Gasteiger partial charge in [-0.05, 0) is 30.7 Å². The van der Waals surface area contributed by atoms with Gasteiger partial charge in [0.2, 0.25) is 0 Å². The van der Waals surface area contributed by atoms with E-state index in [0.29, 0.717) is 10.9 Å². The Morgan fingerprint density at radius 3 is 2.75 bits per heavy atom. The Bertz CT molecular complexity index is 309. The molecule has 0 unspecified atom stereocenters. The van der Waals surface area contributed by atoms with Crippen LogP contribution in [0.25, 0.3) is 0 Å². The van der Waals surface area contributed by atoms with Gasteiger partial charge in [-0.15, -0.1) is 0 Å². The quantitative estimate of drug-likeness (QED) is 0.478. The van der Waals surface area contributed by atoms with Crippen molar-refractivity contribution in [1.82, 2.24) is 0 Å². The zero-order valence-corrected chi connectivity index (χ0v) is 8.39. The Morgan fingerprint density at radius 1 is 1.58 bits per heavy atom. The van der Waals surface area contributed by atoms with E-state index in [2.05, 4.69) is 15.9 Å².